The Morgan fingerprint density at radius 3 is 1.80 bits per heavy atom. The van der Waals surface area contributed by atoms with Gasteiger partial charge in [-0.3, -0.25) is 19.4 Å². The van der Waals surface area contributed by atoms with Crippen molar-refractivity contribution < 1.29 is 92.8 Å². The van der Waals surface area contributed by atoms with Crippen molar-refractivity contribution in [2.45, 2.75) is 98.7 Å². The molecule has 5 aromatic heterocycles. The zero-order valence-corrected chi connectivity index (χ0v) is 52.5. The number of halogens is 2. The van der Waals surface area contributed by atoms with E-state index in [1.54, 1.807) is 21.4 Å². The molecule has 80 heavy (non-hydrogen) atoms. The number of pyridine rings is 2. The maximum atomic E-state index is 12.8. The molecule has 0 aliphatic heterocycles. The van der Waals surface area contributed by atoms with Gasteiger partial charge in [0.1, 0.15) is 31.2 Å². The van der Waals surface area contributed by atoms with E-state index in [-0.39, 0.29) is 90.7 Å². The third-order valence-electron chi connectivity index (χ3n) is 10.4. The predicted molar refractivity (Wildman–Crippen MR) is 300 cm³/mol. The summed E-state index contributed by atoms with van der Waals surface area (Å²) in [4.78, 5) is 87.7. The molecule has 1 aromatic carbocycles. The van der Waals surface area contributed by atoms with Gasteiger partial charge in [0.2, 0.25) is 0 Å². The first-order valence-corrected chi connectivity index (χ1v) is 31.4. The summed E-state index contributed by atoms with van der Waals surface area (Å²) in [7, 11) is 0.291. The van der Waals surface area contributed by atoms with Crippen LogP contribution < -0.4 is 57.3 Å². The van der Waals surface area contributed by atoms with Gasteiger partial charge in [-0.05, 0) is 73.8 Å². The van der Waals surface area contributed by atoms with E-state index in [2.05, 4.69) is 90.0 Å². The Morgan fingerprint density at radius 2 is 1.32 bits per heavy atom. The summed E-state index contributed by atoms with van der Waals surface area (Å²) in [5.41, 5.74) is 15.8. The van der Waals surface area contributed by atoms with E-state index in [0.29, 0.717) is 42.7 Å². The number of imidazole rings is 3. The molecule has 5 heterocycles. The molecule has 26 nitrogen and oxygen atoms in total. The van der Waals surface area contributed by atoms with Crippen LogP contribution in [0.5, 0.6) is 0 Å². The van der Waals surface area contributed by atoms with Crippen LogP contribution in [-0.2, 0) is 50.3 Å². The maximum absolute atomic E-state index is 12.8. The molecule has 0 aliphatic carbocycles. The van der Waals surface area contributed by atoms with Gasteiger partial charge in [-0.15, -0.1) is 12.4 Å². The number of aromatic nitrogens is 8. The number of nitrogens with zero attached hydrogens (tertiary/aromatic N) is 9. The second-order valence-corrected chi connectivity index (χ2v) is 30.9. The van der Waals surface area contributed by atoms with Crippen LogP contribution in [0.2, 0.25) is 56.4 Å². The number of hydrogen-bond donors (Lipinski definition) is 6. The van der Waals surface area contributed by atoms with E-state index in [0.717, 1.165) is 58.5 Å². The number of ether oxygens (including phenoxy) is 4. The van der Waals surface area contributed by atoms with Crippen LogP contribution in [0.3, 0.4) is 0 Å². The van der Waals surface area contributed by atoms with E-state index in [1.165, 1.54) is 37.4 Å². The molecule has 6 rings (SSSR count). The first-order chi connectivity index (χ1) is 36.7. The van der Waals surface area contributed by atoms with Crippen LogP contribution in [0.1, 0.15) is 87.8 Å². The van der Waals surface area contributed by atoms with Crippen molar-refractivity contribution in [2.75, 3.05) is 33.2 Å². The second-order valence-electron chi connectivity index (χ2n) is 19.2. The van der Waals surface area contributed by atoms with Crippen LogP contribution >= 0.6 is 24.0 Å². The first-order valence-electron chi connectivity index (χ1n) is 23.6. The number of primary amides is 1. The van der Waals surface area contributed by atoms with Crippen molar-refractivity contribution in [2.24, 2.45) is 16.8 Å². The summed E-state index contributed by atoms with van der Waals surface area (Å²) in [5.74, 6) is 1.06. The van der Waals surface area contributed by atoms with Crippen molar-refractivity contribution in [1.29, 1.82) is 0 Å². The number of aliphatic carboxylic acids is 1. The van der Waals surface area contributed by atoms with Crippen LogP contribution in [0, 0.1) is 13.8 Å². The Balaban J connectivity index is 0.00000116. The topological polar surface area (TPSA) is 385 Å². The summed E-state index contributed by atoms with van der Waals surface area (Å²) < 4.78 is 24.9. The van der Waals surface area contributed by atoms with E-state index < -0.39 is 45.9 Å². The number of hydrogen-bond acceptors (Lipinski definition) is 21. The van der Waals surface area contributed by atoms with Crippen molar-refractivity contribution in [3.05, 3.63) is 117 Å². The largest absolute Gasteiger partial charge is 1.00 e. The number of amides is 2. The minimum absolute atomic E-state index is 0. The monoisotopic (exact) mass is 1200 g/mol. The standard InChI is InChI=1S/C23H22ClN7O2.C12H21N3O4Si.C12H20N2O4Si.C2H4O2.ClH.H3NO.Na/c1-12-5-20(25)29-13(2)17(12)9-28-23(33)19-11-31(22(30-19)21(26)32)10-14-3-4-18-15(6-14)7-16(24)8-27-18;1-18-12(16)10-8-15(11(14-10)7-13-17)9-19-5-6-20(2,3)4;1-17-12(16)10-7-14(11(8-15)13-10)9-18-5-6-19(2,3)4;1-2(3)4;;1-2;/h3-8,11H,9-10H2,1-2H3,(H2,25,29)(H2,26,32)(H,28,33);7-8,17H,5-6,9H2,1-4H3;7-8H,5-6,9H2,1-4H3;1H3,(H,3,4);1H;2H,1H2;/q;;;;;;+1/p-1/b;13-7+;;;;;. The minimum atomic E-state index is -1.13. The summed E-state index contributed by atoms with van der Waals surface area (Å²) in [5, 5.41) is 31.1. The van der Waals surface area contributed by atoms with Crippen molar-refractivity contribution in [3.8, 4) is 0 Å². The number of aryl methyl sites for hydroxylation is 2. The Hall–Kier alpha value is -6.45. The van der Waals surface area contributed by atoms with Gasteiger partial charge in [0.25, 0.3) is 11.8 Å². The molecule has 6 aromatic rings. The first kappa shape index (κ1) is 73.6. The maximum Gasteiger partial charge on any atom is 1.00 e. The summed E-state index contributed by atoms with van der Waals surface area (Å²) in [6, 6.07) is 11.3. The number of carboxylic acid groups (broad SMARTS) is 1. The molecule has 0 atom stereocenters. The molecule has 0 unspecified atom stereocenters. The molecule has 0 aliphatic rings. The average molecular weight is 1200 g/mol. The molecular formula is C49H70Cl2N13NaO13Si2. The quantitative estimate of drug-likeness (QED) is 0.0121. The Kier molecular flexibility index (Phi) is 33.1. The number of rotatable bonds is 20. The molecule has 432 valence electrons. The van der Waals surface area contributed by atoms with Crippen molar-refractivity contribution >= 4 is 99.1 Å². The summed E-state index contributed by atoms with van der Waals surface area (Å²) in [6.45, 7) is 20.6. The molecule has 0 spiro atoms. The number of carboxylic acids is 1. The number of nitrogen functional groups attached to an aromatic ring is 1. The third kappa shape index (κ3) is 25.8. The van der Waals surface area contributed by atoms with Crippen LogP contribution in [0.15, 0.2) is 60.3 Å². The molecule has 0 bridgehead atoms. The van der Waals surface area contributed by atoms with E-state index in [9.17, 15) is 24.0 Å². The van der Waals surface area contributed by atoms with E-state index in [4.69, 9.17) is 52.9 Å². The Labute approximate surface area is 498 Å². The molecule has 0 radical (unpaired) electrons. The summed E-state index contributed by atoms with van der Waals surface area (Å²) >= 11 is 6.04. The zero-order chi connectivity index (χ0) is 58.9. The number of nitrogens with one attached hydrogen (secondary N) is 1. The SMILES string of the molecule is CC(=O)[O-].COC(=O)c1cn(COCC[Si](C)(C)C)c(/C=N/O)n1.COC(=O)c1cn(COCC[Si](C)(C)C)c(C=O)n1.Cc1cc(N)nc(C)c1CNC(=O)c1cn(Cc2ccc3ncc(Cl)cc3c2)c(C(N)=O)n1.Cl.NO.[Na+]. The number of carbonyl (C=O) groups excluding carboxylic acids is 6. The fourth-order valence-electron chi connectivity index (χ4n) is 6.51. The number of fused-ring (bicyclic) bond motifs is 1. The number of anilines is 1. The van der Waals surface area contributed by atoms with Crippen LogP contribution in [0.25, 0.3) is 10.9 Å². The number of esters is 2. The van der Waals surface area contributed by atoms with E-state index in [1.807, 2.05) is 38.1 Å². The van der Waals surface area contributed by atoms with Gasteiger partial charge >= 0.3 is 41.5 Å². The van der Waals surface area contributed by atoms with Gasteiger partial charge in [-0.1, -0.05) is 62.1 Å². The molecule has 0 fully saturated rings. The number of oxime groups is 1. The van der Waals surface area contributed by atoms with Gasteiger partial charge < -0.3 is 69.7 Å². The smallest absolute Gasteiger partial charge is 0.550 e. The van der Waals surface area contributed by atoms with Gasteiger partial charge in [0.05, 0.1) is 24.8 Å². The number of carbonyl (C=O) groups is 6. The molecular weight excluding hydrogens is 1130 g/mol. The zero-order valence-electron chi connectivity index (χ0n) is 46.9. The normalized spacial score (nSPS) is 10.6. The Bertz CT molecular complexity index is 2990. The van der Waals surface area contributed by atoms with Gasteiger partial charge in [0, 0.05) is 84.3 Å². The fraction of sp³-hybridized carbons (Fsp3) is 0.388. The van der Waals surface area contributed by atoms with Crippen molar-refractivity contribution in [1.82, 2.24) is 43.9 Å². The molecule has 31 heteroatoms. The Morgan fingerprint density at radius 1 is 0.812 bits per heavy atom. The van der Waals surface area contributed by atoms with Crippen LogP contribution in [-0.4, -0.2) is 135 Å². The number of benzene rings is 1. The summed E-state index contributed by atoms with van der Waals surface area (Å²) in [6.07, 6.45) is 7.81. The van der Waals surface area contributed by atoms with Crippen molar-refractivity contribution in [3.63, 3.8) is 0 Å². The average Bonchev–Trinajstić information content (AvgIpc) is 4.11. The predicted octanol–water partition coefficient (Wildman–Crippen LogP) is 1.86. The molecule has 2 amide bonds. The molecule has 0 saturated carbocycles. The number of aldehydes is 1. The fourth-order valence-corrected chi connectivity index (χ4v) is 8.19. The molecule has 9 N–H and O–H groups in total. The third-order valence-corrected chi connectivity index (χ3v) is 14.0. The second kappa shape index (κ2) is 36.0. The van der Waals surface area contributed by atoms with Crippen LogP contribution in [0.4, 0.5) is 5.82 Å². The number of nitrogens with two attached hydrogens (primary N) is 3. The minimum Gasteiger partial charge on any atom is -0.550 e. The van der Waals surface area contributed by atoms with E-state index >= 15 is 0 Å². The van der Waals surface area contributed by atoms with Gasteiger partial charge in [-0.2, -0.15) is 0 Å². The van der Waals surface area contributed by atoms with Gasteiger partial charge in [-0.25, -0.2) is 35.4 Å². The number of methoxy groups -OCH3 is 2. The molecule has 0 saturated heterocycles. The van der Waals surface area contributed by atoms with Gasteiger partial charge in [0.15, 0.2) is 35.1 Å².